The van der Waals surface area contributed by atoms with E-state index in [4.69, 9.17) is 9.26 Å². The number of carboxylic acid groups (broad SMARTS) is 1. The predicted molar refractivity (Wildman–Crippen MR) is 127 cm³/mol. The Hall–Kier alpha value is -3.31. The van der Waals surface area contributed by atoms with E-state index in [1.54, 1.807) is 26.8 Å². The van der Waals surface area contributed by atoms with Crippen molar-refractivity contribution in [2.45, 2.75) is 51.8 Å². The van der Waals surface area contributed by atoms with Gasteiger partial charge in [0, 0.05) is 24.2 Å². The van der Waals surface area contributed by atoms with E-state index in [9.17, 15) is 14.7 Å². The molecule has 2 N–H and O–H groups in total. The van der Waals surface area contributed by atoms with Gasteiger partial charge in [-0.2, -0.15) is 4.90 Å². The van der Waals surface area contributed by atoms with E-state index in [0.29, 0.717) is 21.2 Å². The van der Waals surface area contributed by atoms with Crippen LogP contribution in [-0.2, 0) is 11.3 Å². The number of carbonyl (C=O) groups is 2. The maximum atomic E-state index is 12.6. The number of imide groups is 1. The average molecular weight is 530 g/mol. The van der Waals surface area contributed by atoms with Crippen LogP contribution >= 0.6 is 15.9 Å². The number of aromatic nitrogens is 3. The molecule has 0 bridgehead atoms. The first-order valence-electron chi connectivity index (χ1n) is 10.7. The summed E-state index contributed by atoms with van der Waals surface area (Å²) < 4.78 is 11.0. The molecule has 1 saturated carbocycles. The molecule has 0 spiro atoms. The number of benzene rings is 1. The summed E-state index contributed by atoms with van der Waals surface area (Å²) in [6.45, 7) is 5.71. The zero-order chi connectivity index (χ0) is 24.5. The van der Waals surface area contributed by atoms with E-state index in [0.717, 1.165) is 17.7 Å². The molecular weight excluding hydrogens is 506 g/mol. The van der Waals surface area contributed by atoms with Crippen LogP contribution in [0.3, 0.4) is 0 Å². The molecule has 0 saturated heterocycles. The third kappa shape index (κ3) is 5.78. The van der Waals surface area contributed by atoms with Gasteiger partial charge >= 0.3 is 12.2 Å². The number of ether oxygens (including phenoxy) is 1. The van der Waals surface area contributed by atoms with Gasteiger partial charge in [-0.3, -0.25) is 0 Å². The van der Waals surface area contributed by atoms with Crippen LogP contribution in [0.25, 0.3) is 22.7 Å². The molecule has 0 aliphatic heterocycles. The van der Waals surface area contributed by atoms with Crippen LogP contribution in [0.15, 0.2) is 45.7 Å². The SMILES string of the molecule is CC(C)(C)OC(=O)N(C(=O)O)c1ncc(Br)nc1-c1cc(-c2ccc(CNC3CC3)cc2)no1. The fourth-order valence-corrected chi connectivity index (χ4v) is 3.40. The van der Waals surface area contributed by atoms with Crippen LogP contribution in [0, 0.1) is 0 Å². The summed E-state index contributed by atoms with van der Waals surface area (Å²) in [6, 6.07) is 10.1. The Morgan fingerprint density at radius 3 is 2.59 bits per heavy atom. The molecule has 4 rings (SSSR count). The summed E-state index contributed by atoms with van der Waals surface area (Å²) in [5.74, 6) is -0.109. The molecule has 10 nitrogen and oxygen atoms in total. The Kier molecular flexibility index (Phi) is 6.67. The van der Waals surface area contributed by atoms with Crippen LogP contribution in [0.2, 0.25) is 0 Å². The van der Waals surface area contributed by atoms with E-state index in [2.05, 4.69) is 36.4 Å². The van der Waals surface area contributed by atoms with Gasteiger partial charge in [0.05, 0.1) is 6.20 Å². The Morgan fingerprint density at radius 1 is 1.26 bits per heavy atom. The number of amides is 2. The first-order valence-corrected chi connectivity index (χ1v) is 11.5. The van der Waals surface area contributed by atoms with Gasteiger partial charge in [0.1, 0.15) is 15.9 Å². The van der Waals surface area contributed by atoms with Gasteiger partial charge < -0.3 is 19.7 Å². The molecule has 1 aliphatic rings. The molecule has 1 aromatic carbocycles. The lowest BCUT2D eigenvalue weighted by molar-refractivity contribution is 0.0581. The van der Waals surface area contributed by atoms with E-state index in [1.807, 2.05) is 24.3 Å². The number of halogens is 1. The van der Waals surface area contributed by atoms with Crippen LogP contribution in [0.1, 0.15) is 39.2 Å². The van der Waals surface area contributed by atoms with Crippen molar-refractivity contribution >= 4 is 33.9 Å². The molecular formula is C23H24BrN5O5. The van der Waals surface area contributed by atoms with Crippen molar-refractivity contribution in [3.8, 4) is 22.7 Å². The first kappa shape index (κ1) is 23.8. The third-order valence-corrected chi connectivity index (χ3v) is 5.25. The van der Waals surface area contributed by atoms with Crippen molar-refractivity contribution in [1.82, 2.24) is 20.4 Å². The first-order chi connectivity index (χ1) is 16.1. The molecule has 0 unspecified atom stereocenters. The molecule has 0 atom stereocenters. The summed E-state index contributed by atoms with van der Waals surface area (Å²) in [7, 11) is 0. The number of carbonyl (C=O) groups excluding carboxylic acids is 1. The Morgan fingerprint density at radius 2 is 1.97 bits per heavy atom. The topological polar surface area (TPSA) is 131 Å². The Bertz CT molecular complexity index is 1200. The van der Waals surface area contributed by atoms with Gasteiger partial charge in [-0.15, -0.1) is 0 Å². The normalized spacial score (nSPS) is 13.5. The quantitative estimate of drug-likeness (QED) is 0.440. The van der Waals surface area contributed by atoms with Crippen LogP contribution in [-0.4, -0.2) is 44.1 Å². The summed E-state index contributed by atoms with van der Waals surface area (Å²) in [4.78, 5) is 33.4. The molecule has 1 aliphatic carbocycles. The summed E-state index contributed by atoms with van der Waals surface area (Å²) in [5, 5.41) is 17.3. The number of hydrogen-bond donors (Lipinski definition) is 2. The fraction of sp³-hybridized carbons (Fsp3) is 0.348. The van der Waals surface area contributed by atoms with Crippen molar-refractivity contribution in [2.75, 3.05) is 4.90 Å². The van der Waals surface area contributed by atoms with Gasteiger partial charge in [-0.1, -0.05) is 29.4 Å². The standard InChI is InChI=1S/C23H24BrN5O5/c1-23(2,3)33-22(32)29(21(30)31)20-19(27-18(24)12-26-20)17-10-16(28-34-17)14-6-4-13(5-7-14)11-25-15-8-9-15/h4-7,10,12,15,25H,8-9,11H2,1-3H3,(H,30,31). The second-order valence-electron chi connectivity index (χ2n) is 8.89. The van der Waals surface area contributed by atoms with Crippen molar-refractivity contribution in [3.05, 3.63) is 46.7 Å². The number of nitrogens with one attached hydrogen (secondary N) is 1. The maximum absolute atomic E-state index is 12.6. The minimum atomic E-state index is -1.57. The lowest BCUT2D eigenvalue weighted by Gasteiger charge is -2.24. The van der Waals surface area contributed by atoms with Crippen LogP contribution in [0.4, 0.5) is 15.4 Å². The molecule has 1 fully saturated rings. The van der Waals surface area contributed by atoms with Gasteiger partial charge in [-0.25, -0.2) is 19.6 Å². The third-order valence-electron chi connectivity index (χ3n) is 4.87. The smallest absolute Gasteiger partial charge is 0.425 e. The van der Waals surface area contributed by atoms with Gasteiger partial charge in [0.15, 0.2) is 17.3 Å². The molecule has 3 aromatic rings. The molecule has 2 aromatic heterocycles. The molecule has 0 radical (unpaired) electrons. The number of anilines is 1. The van der Waals surface area contributed by atoms with Crippen molar-refractivity contribution in [3.63, 3.8) is 0 Å². The highest BCUT2D eigenvalue weighted by atomic mass is 79.9. The lowest BCUT2D eigenvalue weighted by atomic mass is 10.1. The summed E-state index contributed by atoms with van der Waals surface area (Å²) >= 11 is 3.23. The lowest BCUT2D eigenvalue weighted by Crippen LogP contribution is -2.41. The minimum Gasteiger partial charge on any atom is -0.464 e. The van der Waals surface area contributed by atoms with Gasteiger partial charge in [0.2, 0.25) is 0 Å². The van der Waals surface area contributed by atoms with Crippen molar-refractivity contribution in [2.24, 2.45) is 0 Å². The average Bonchev–Trinajstić information content (AvgIpc) is 3.46. The molecule has 2 amide bonds. The number of rotatable bonds is 6. The monoisotopic (exact) mass is 529 g/mol. The predicted octanol–water partition coefficient (Wildman–Crippen LogP) is 5.23. The van der Waals surface area contributed by atoms with E-state index in [-0.39, 0.29) is 17.3 Å². The largest absolute Gasteiger partial charge is 0.464 e. The van der Waals surface area contributed by atoms with Crippen LogP contribution in [0.5, 0.6) is 0 Å². The minimum absolute atomic E-state index is 0.0200. The van der Waals surface area contributed by atoms with E-state index >= 15 is 0 Å². The summed E-state index contributed by atoms with van der Waals surface area (Å²) in [6.07, 6.45) is 1.07. The van der Waals surface area contributed by atoms with Gasteiger partial charge in [0.25, 0.3) is 0 Å². The summed E-state index contributed by atoms with van der Waals surface area (Å²) in [5.41, 5.74) is 1.62. The Labute approximate surface area is 204 Å². The van der Waals surface area contributed by atoms with E-state index in [1.165, 1.54) is 19.0 Å². The highest BCUT2D eigenvalue weighted by Crippen LogP contribution is 2.32. The molecule has 2 heterocycles. The second kappa shape index (κ2) is 9.51. The Balaban J connectivity index is 1.63. The van der Waals surface area contributed by atoms with Crippen LogP contribution < -0.4 is 10.2 Å². The van der Waals surface area contributed by atoms with Gasteiger partial charge in [-0.05, 0) is 55.1 Å². The van der Waals surface area contributed by atoms with E-state index < -0.39 is 17.8 Å². The second-order valence-corrected chi connectivity index (χ2v) is 9.70. The number of hydrogen-bond acceptors (Lipinski definition) is 8. The highest BCUT2D eigenvalue weighted by Gasteiger charge is 2.33. The highest BCUT2D eigenvalue weighted by molar-refractivity contribution is 9.10. The number of nitrogens with zero attached hydrogens (tertiary/aromatic N) is 4. The fourth-order valence-electron chi connectivity index (χ4n) is 3.12. The molecule has 34 heavy (non-hydrogen) atoms. The van der Waals surface area contributed by atoms with Crippen molar-refractivity contribution < 1.29 is 24.0 Å². The maximum Gasteiger partial charge on any atom is 0.425 e. The zero-order valence-corrected chi connectivity index (χ0v) is 20.5. The molecule has 11 heteroatoms. The molecule has 178 valence electrons. The zero-order valence-electron chi connectivity index (χ0n) is 18.9. The van der Waals surface area contributed by atoms with Crippen molar-refractivity contribution in [1.29, 1.82) is 0 Å².